The maximum absolute atomic E-state index is 11.8. The summed E-state index contributed by atoms with van der Waals surface area (Å²) in [4.78, 5) is 13.7. The second-order valence-electron chi connectivity index (χ2n) is 4.26. The topological polar surface area (TPSA) is 49.8 Å². The lowest BCUT2D eigenvalue weighted by Gasteiger charge is -2.29. The summed E-state index contributed by atoms with van der Waals surface area (Å²) in [5.74, 6) is 0.371. The Bertz CT molecular complexity index is 417. The molecule has 1 aromatic rings. The standard InChI is InChI=1S/C13H17NO3/c1-17-7-5-13(16)14-6-4-10-2-3-12(15)8-11(10)9-14/h2-3,8,15H,4-7,9H2,1H3. The first-order valence-electron chi connectivity index (χ1n) is 5.78. The first-order valence-corrected chi connectivity index (χ1v) is 5.78. The molecule has 1 aromatic carbocycles. The van der Waals surface area contributed by atoms with E-state index in [1.807, 2.05) is 11.0 Å². The number of fused-ring (bicyclic) bond motifs is 1. The van der Waals surface area contributed by atoms with Gasteiger partial charge in [0.25, 0.3) is 0 Å². The van der Waals surface area contributed by atoms with Crippen LogP contribution in [0.4, 0.5) is 0 Å². The predicted octanol–water partition coefficient (Wildman–Crippen LogP) is 1.31. The molecule has 0 aliphatic carbocycles. The summed E-state index contributed by atoms with van der Waals surface area (Å²) in [6, 6.07) is 5.37. The number of carbonyl (C=O) groups is 1. The molecular formula is C13H17NO3. The fourth-order valence-electron chi connectivity index (χ4n) is 2.10. The van der Waals surface area contributed by atoms with Crippen LogP contribution in [0.5, 0.6) is 5.75 Å². The summed E-state index contributed by atoms with van der Waals surface area (Å²) >= 11 is 0. The number of phenols is 1. The Morgan fingerprint density at radius 2 is 2.29 bits per heavy atom. The molecule has 0 aromatic heterocycles. The molecule has 0 radical (unpaired) electrons. The average molecular weight is 235 g/mol. The van der Waals surface area contributed by atoms with E-state index < -0.39 is 0 Å². The van der Waals surface area contributed by atoms with E-state index >= 15 is 0 Å². The number of amides is 1. The van der Waals surface area contributed by atoms with Crippen LogP contribution < -0.4 is 0 Å². The fourth-order valence-corrected chi connectivity index (χ4v) is 2.10. The number of ether oxygens (including phenoxy) is 1. The van der Waals surface area contributed by atoms with Gasteiger partial charge in [-0.3, -0.25) is 4.79 Å². The summed E-state index contributed by atoms with van der Waals surface area (Å²) in [5, 5.41) is 9.43. The van der Waals surface area contributed by atoms with Gasteiger partial charge in [-0.05, 0) is 29.7 Å². The number of benzene rings is 1. The Kier molecular flexibility index (Phi) is 3.64. The zero-order valence-corrected chi connectivity index (χ0v) is 9.98. The molecule has 92 valence electrons. The van der Waals surface area contributed by atoms with Crippen LogP contribution in [0.3, 0.4) is 0 Å². The van der Waals surface area contributed by atoms with E-state index in [9.17, 15) is 9.90 Å². The summed E-state index contributed by atoms with van der Waals surface area (Å²) in [6.45, 7) is 1.80. The van der Waals surface area contributed by atoms with Crippen LogP contribution in [0.15, 0.2) is 18.2 Å². The van der Waals surface area contributed by atoms with Crippen molar-refractivity contribution >= 4 is 5.91 Å². The SMILES string of the molecule is COCCC(=O)N1CCc2ccc(O)cc2C1. The van der Waals surface area contributed by atoms with Crippen molar-refractivity contribution in [3.63, 3.8) is 0 Å². The van der Waals surface area contributed by atoms with Crippen LogP contribution >= 0.6 is 0 Å². The van der Waals surface area contributed by atoms with Gasteiger partial charge < -0.3 is 14.7 Å². The highest BCUT2D eigenvalue weighted by molar-refractivity contribution is 5.76. The van der Waals surface area contributed by atoms with Gasteiger partial charge in [0.15, 0.2) is 0 Å². The molecule has 0 atom stereocenters. The lowest BCUT2D eigenvalue weighted by atomic mass is 9.99. The molecule has 17 heavy (non-hydrogen) atoms. The molecule has 1 aliphatic heterocycles. The number of aromatic hydroxyl groups is 1. The van der Waals surface area contributed by atoms with Crippen LogP contribution in [0.1, 0.15) is 17.5 Å². The van der Waals surface area contributed by atoms with Gasteiger partial charge in [-0.25, -0.2) is 0 Å². The first kappa shape index (κ1) is 11.9. The summed E-state index contributed by atoms with van der Waals surface area (Å²) < 4.78 is 4.90. The van der Waals surface area contributed by atoms with Gasteiger partial charge in [-0.1, -0.05) is 6.07 Å². The molecule has 4 heteroatoms. The molecular weight excluding hydrogens is 218 g/mol. The van der Waals surface area contributed by atoms with E-state index in [1.165, 1.54) is 5.56 Å². The molecule has 1 heterocycles. The second kappa shape index (κ2) is 5.19. The van der Waals surface area contributed by atoms with Crippen LogP contribution in [0, 0.1) is 0 Å². The average Bonchev–Trinajstić information content (AvgIpc) is 2.35. The van der Waals surface area contributed by atoms with E-state index in [1.54, 1.807) is 19.2 Å². The van der Waals surface area contributed by atoms with Crippen LogP contribution in [0.2, 0.25) is 0 Å². The molecule has 2 rings (SSSR count). The normalized spacial score (nSPS) is 14.5. The van der Waals surface area contributed by atoms with Crippen molar-refractivity contribution in [1.29, 1.82) is 0 Å². The van der Waals surface area contributed by atoms with Crippen LogP contribution in [0.25, 0.3) is 0 Å². The Morgan fingerprint density at radius 1 is 1.47 bits per heavy atom. The van der Waals surface area contributed by atoms with Crippen molar-refractivity contribution in [2.45, 2.75) is 19.4 Å². The highest BCUT2D eigenvalue weighted by Gasteiger charge is 2.20. The van der Waals surface area contributed by atoms with E-state index in [2.05, 4.69) is 0 Å². The third-order valence-electron chi connectivity index (χ3n) is 3.07. The van der Waals surface area contributed by atoms with Gasteiger partial charge in [-0.2, -0.15) is 0 Å². The van der Waals surface area contributed by atoms with Gasteiger partial charge in [-0.15, -0.1) is 0 Å². The van der Waals surface area contributed by atoms with Crippen molar-refractivity contribution < 1.29 is 14.6 Å². The molecule has 0 fully saturated rings. The summed E-state index contributed by atoms with van der Waals surface area (Å²) in [6.07, 6.45) is 1.28. The lowest BCUT2D eigenvalue weighted by Crippen LogP contribution is -2.36. The molecule has 1 amide bonds. The number of nitrogens with zero attached hydrogens (tertiary/aromatic N) is 1. The second-order valence-corrected chi connectivity index (χ2v) is 4.26. The van der Waals surface area contributed by atoms with Gasteiger partial charge in [0.05, 0.1) is 13.0 Å². The van der Waals surface area contributed by atoms with Crippen LogP contribution in [-0.2, 0) is 22.5 Å². The third-order valence-corrected chi connectivity index (χ3v) is 3.07. The molecule has 0 saturated carbocycles. The van der Waals surface area contributed by atoms with Crippen molar-refractivity contribution in [2.24, 2.45) is 0 Å². The largest absolute Gasteiger partial charge is 0.508 e. The number of carbonyl (C=O) groups excluding carboxylic acids is 1. The maximum atomic E-state index is 11.8. The number of hydrogen-bond acceptors (Lipinski definition) is 3. The van der Waals surface area contributed by atoms with Gasteiger partial charge in [0.2, 0.25) is 5.91 Å². The monoisotopic (exact) mass is 235 g/mol. The van der Waals surface area contributed by atoms with Gasteiger partial charge in [0, 0.05) is 20.2 Å². The predicted molar refractivity (Wildman–Crippen MR) is 63.7 cm³/mol. The minimum atomic E-state index is 0.112. The third kappa shape index (κ3) is 2.77. The smallest absolute Gasteiger partial charge is 0.225 e. The minimum absolute atomic E-state index is 0.112. The van der Waals surface area contributed by atoms with Crippen LogP contribution in [-0.4, -0.2) is 36.2 Å². The van der Waals surface area contributed by atoms with Crippen molar-refractivity contribution in [3.05, 3.63) is 29.3 Å². The Balaban J connectivity index is 2.04. The number of methoxy groups -OCH3 is 1. The maximum Gasteiger partial charge on any atom is 0.225 e. The highest BCUT2D eigenvalue weighted by atomic mass is 16.5. The van der Waals surface area contributed by atoms with E-state index in [-0.39, 0.29) is 11.7 Å². The van der Waals surface area contributed by atoms with Crippen molar-refractivity contribution in [2.75, 3.05) is 20.3 Å². The fraction of sp³-hybridized carbons (Fsp3) is 0.462. The highest BCUT2D eigenvalue weighted by Crippen LogP contribution is 2.23. The van der Waals surface area contributed by atoms with Gasteiger partial charge in [0.1, 0.15) is 5.75 Å². The van der Waals surface area contributed by atoms with Gasteiger partial charge >= 0.3 is 0 Å². The quantitative estimate of drug-likeness (QED) is 0.859. The Morgan fingerprint density at radius 3 is 3.06 bits per heavy atom. The minimum Gasteiger partial charge on any atom is -0.508 e. The first-order chi connectivity index (χ1) is 8.20. The Hall–Kier alpha value is -1.55. The summed E-state index contributed by atoms with van der Waals surface area (Å²) in [5.41, 5.74) is 2.26. The number of phenolic OH excluding ortho intramolecular Hbond substituents is 1. The van der Waals surface area contributed by atoms with E-state index in [0.29, 0.717) is 19.6 Å². The molecule has 1 N–H and O–H groups in total. The van der Waals surface area contributed by atoms with E-state index in [0.717, 1.165) is 18.5 Å². The Labute approximate surface area is 101 Å². The zero-order chi connectivity index (χ0) is 12.3. The molecule has 0 spiro atoms. The molecule has 0 bridgehead atoms. The van der Waals surface area contributed by atoms with Crippen molar-refractivity contribution in [3.8, 4) is 5.75 Å². The summed E-state index contributed by atoms with van der Waals surface area (Å²) in [7, 11) is 1.59. The zero-order valence-electron chi connectivity index (χ0n) is 9.98. The molecule has 0 unspecified atom stereocenters. The lowest BCUT2D eigenvalue weighted by molar-refractivity contribution is -0.133. The molecule has 1 aliphatic rings. The number of hydrogen-bond donors (Lipinski definition) is 1. The molecule has 0 saturated heterocycles. The van der Waals surface area contributed by atoms with Crippen molar-refractivity contribution in [1.82, 2.24) is 4.90 Å². The van der Waals surface area contributed by atoms with E-state index in [4.69, 9.17) is 4.74 Å². The molecule has 4 nitrogen and oxygen atoms in total. The number of rotatable bonds is 3.